The molecule has 1 rings (SSSR count). The number of carboxylic acids is 1. The Bertz CT molecular complexity index is 433. The highest BCUT2D eigenvalue weighted by Gasteiger charge is 2.21. The summed E-state index contributed by atoms with van der Waals surface area (Å²) in [5.74, 6) is -0.935. The average Bonchev–Trinajstić information content (AvgIpc) is 2.62. The first-order valence-corrected chi connectivity index (χ1v) is 10.4. The smallest absolute Gasteiger partial charge is 0.312 e. The first-order valence-electron chi connectivity index (χ1n) is 10.4. The maximum absolute atomic E-state index is 11.4. The molecule has 142 valence electrons. The Hall–Kier alpha value is -1.38. The van der Waals surface area contributed by atoms with Crippen molar-refractivity contribution in [2.24, 2.45) is 5.92 Å². The van der Waals surface area contributed by atoms with Crippen LogP contribution in [0.2, 0.25) is 0 Å². The molecule has 1 heterocycles. The number of nitrogens with zero attached hydrogens (tertiary/aromatic N) is 1. The van der Waals surface area contributed by atoms with Gasteiger partial charge in [-0.05, 0) is 6.42 Å². The Morgan fingerprint density at radius 2 is 1.28 bits per heavy atom. The van der Waals surface area contributed by atoms with Gasteiger partial charge in [0.25, 0.3) is 0 Å². The molecule has 0 bridgehead atoms. The third-order valence-corrected chi connectivity index (χ3v) is 4.96. The lowest BCUT2D eigenvalue weighted by atomic mass is 9.99. The number of aliphatic carboxylic acids is 1. The molecule has 25 heavy (non-hydrogen) atoms. The van der Waals surface area contributed by atoms with E-state index >= 15 is 0 Å². The number of rotatable bonds is 16. The summed E-state index contributed by atoms with van der Waals surface area (Å²) < 4.78 is 1.97. The molecule has 0 aliphatic heterocycles. The normalized spacial score (nSPS) is 12.2. The van der Waals surface area contributed by atoms with Crippen molar-refractivity contribution in [1.82, 2.24) is 0 Å². The molecule has 0 amide bonds. The van der Waals surface area contributed by atoms with Crippen molar-refractivity contribution in [3.63, 3.8) is 0 Å². The summed E-state index contributed by atoms with van der Waals surface area (Å²) in [5, 5.41) is 9.40. The molecule has 1 N–H and O–H groups in total. The fourth-order valence-corrected chi connectivity index (χ4v) is 3.34. The summed E-state index contributed by atoms with van der Waals surface area (Å²) in [6, 6.07) is 5.85. The molecular formula is C22H38NO2+. The van der Waals surface area contributed by atoms with Gasteiger partial charge >= 0.3 is 5.97 Å². The van der Waals surface area contributed by atoms with Crippen molar-refractivity contribution >= 4 is 5.97 Å². The van der Waals surface area contributed by atoms with Gasteiger partial charge in [-0.25, -0.2) is 4.57 Å². The van der Waals surface area contributed by atoms with Crippen LogP contribution in [0.15, 0.2) is 30.6 Å². The van der Waals surface area contributed by atoms with Crippen LogP contribution in [0.25, 0.3) is 0 Å². The van der Waals surface area contributed by atoms with Gasteiger partial charge in [-0.15, -0.1) is 0 Å². The van der Waals surface area contributed by atoms with E-state index in [1.807, 2.05) is 35.2 Å². The van der Waals surface area contributed by atoms with Crippen molar-refractivity contribution in [3.8, 4) is 0 Å². The van der Waals surface area contributed by atoms with E-state index in [4.69, 9.17) is 0 Å². The fourth-order valence-electron chi connectivity index (χ4n) is 3.34. The van der Waals surface area contributed by atoms with Crippen molar-refractivity contribution in [2.45, 2.75) is 96.9 Å². The van der Waals surface area contributed by atoms with Crippen molar-refractivity contribution < 1.29 is 14.5 Å². The van der Waals surface area contributed by atoms with Crippen LogP contribution in [-0.2, 0) is 11.3 Å². The van der Waals surface area contributed by atoms with Crippen LogP contribution < -0.4 is 4.57 Å². The lowest BCUT2D eigenvalue weighted by Crippen LogP contribution is -2.39. The lowest BCUT2D eigenvalue weighted by molar-refractivity contribution is -0.701. The largest absolute Gasteiger partial charge is 0.481 e. The molecule has 0 spiro atoms. The van der Waals surface area contributed by atoms with Gasteiger partial charge in [-0.2, -0.15) is 0 Å². The van der Waals surface area contributed by atoms with E-state index in [0.29, 0.717) is 6.54 Å². The molecule has 0 saturated heterocycles. The highest BCUT2D eigenvalue weighted by Crippen LogP contribution is 2.15. The van der Waals surface area contributed by atoms with Gasteiger partial charge in [0.1, 0.15) is 5.92 Å². The number of carboxylic acid groups (broad SMARTS) is 1. The van der Waals surface area contributed by atoms with Gasteiger partial charge in [0.15, 0.2) is 18.9 Å². The summed E-state index contributed by atoms with van der Waals surface area (Å²) in [4.78, 5) is 11.4. The van der Waals surface area contributed by atoms with E-state index < -0.39 is 5.97 Å². The van der Waals surface area contributed by atoms with Crippen molar-refractivity contribution in [1.29, 1.82) is 0 Å². The van der Waals surface area contributed by atoms with Gasteiger partial charge in [-0.3, -0.25) is 4.79 Å². The third kappa shape index (κ3) is 11.7. The Labute approximate surface area is 154 Å². The monoisotopic (exact) mass is 348 g/mol. The van der Waals surface area contributed by atoms with Crippen LogP contribution in [0.5, 0.6) is 0 Å². The zero-order valence-electron chi connectivity index (χ0n) is 16.2. The van der Waals surface area contributed by atoms with Gasteiger partial charge in [0, 0.05) is 12.1 Å². The van der Waals surface area contributed by atoms with Crippen LogP contribution in [0.3, 0.4) is 0 Å². The van der Waals surface area contributed by atoms with E-state index in [0.717, 1.165) is 12.8 Å². The molecule has 1 aromatic rings. The molecule has 0 radical (unpaired) electrons. The van der Waals surface area contributed by atoms with E-state index in [-0.39, 0.29) is 5.92 Å². The van der Waals surface area contributed by atoms with Crippen LogP contribution in [0.4, 0.5) is 0 Å². The first-order chi connectivity index (χ1) is 12.2. The summed E-state index contributed by atoms with van der Waals surface area (Å²) in [7, 11) is 0. The van der Waals surface area contributed by atoms with E-state index in [1.54, 1.807) is 0 Å². The Morgan fingerprint density at radius 3 is 1.76 bits per heavy atom. The lowest BCUT2D eigenvalue weighted by Gasteiger charge is -2.09. The number of unbranched alkanes of at least 4 members (excludes halogenated alkanes) is 11. The highest BCUT2D eigenvalue weighted by atomic mass is 16.4. The molecule has 3 heteroatoms. The predicted octanol–water partition coefficient (Wildman–Crippen LogP) is 5.77. The van der Waals surface area contributed by atoms with Gasteiger partial charge in [0.2, 0.25) is 0 Å². The minimum Gasteiger partial charge on any atom is -0.481 e. The Balaban J connectivity index is 1.99. The third-order valence-electron chi connectivity index (χ3n) is 4.96. The maximum atomic E-state index is 11.4. The molecule has 1 aromatic heterocycles. The van der Waals surface area contributed by atoms with Crippen LogP contribution in [-0.4, -0.2) is 11.1 Å². The Morgan fingerprint density at radius 1 is 0.800 bits per heavy atom. The number of pyridine rings is 1. The summed E-state index contributed by atoms with van der Waals surface area (Å²) in [5.41, 5.74) is 0. The van der Waals surface area contributed by atoms with Gasteiger partial charge < -0.3 is 5.11 Å². The van der Waals surface area contributed by atoms with Crippen molar-refractivity contribution in [2.75, 3.05) is 0 Å². The second-order valence-electron chi connectivity index (χ2n) is 7.29. The standard InChI is InChI=1S/C22H37NO2/c1-2-3-4-5-6-7-8-9-10-11-12-14-17-21(22(24)25)20-23-18-15-13-16-19-23/h13,15-16,18-19,21H,2-12,14,17,20H2,1H3/p+1. The molecule has 3 nitrogen and oxygen atoms in total. The minimum absolute atomic E-state index is 0.268. The summed E-state index contributed by atoms with van der Waals surface area (Å²) in [6.07, 6.45) is 20.5. The molecule has 0 aliphatic carbocycles. The minimum atomic E-state index is -0.667. The van der Waals surface area contributed by atoms with Crippen LogP contribution in [0.1, 0.15) is 90.4 Å². The molecular weight excluding hydrogens is 310 g/mol. The van der Waals surface area contributed by atoms with Crippen molar-refractivity contribution in [3.05, 3.63) is 30.6 Å². The predicted molar refractivity (Wildman–Crippen MR) is 103 cm³/mol. The van der Waals surface area contributed by atoms with Crippen LogP contribution >= 0.6 is 0 Å². The summed E-state index contributed by atoms with van der Waals surface area (Å²) >= 11 is 0. The molecule has 0 saturated carbocycles. The van der Waals surface area contributed by atoms with Crippen LogP contribution in [0, 0.1) is 5.92 Å². The van der Waals surface area contributed by atoms with E-state index in [2.05, 4.69) is 6.92 Å². The number of carbonyl (C=O) groups is 1. The fraction of sp³-hybridized carbons (Fsp3) is 0.727. The second kappa shape index (κ2) is 14.9. The quantitative estimate of drug-likeness (QED) is 0.304. The number of aromatic nitrogens is 1. The second-order valence-corrected chi connectivity index (χ2v) is 7.29. The average molecular weight is 349 g/mol. The summed E-state index contributed by atoms with van der Waals surface area (Å²) in [6.45, 7) is 2.84. The molecule has 1 unspecified atom stereocenters. The topological polar surface area (TPSA) is 41.2 Å². The van der Waals surface area contributed by atoms with E-state index in [9.17, 15) is 9.90 Å². The molecule has 0 fully saturated rings. The number of hydrogen-bond acceptors (Lipinski definition) is 1. The zero-order chi connectivity index (χ0) is 18.2. The van der Waals surface area contributed by atoms with Gasteiger partial charge in [-0.1, -0.05) is 90.0 Å². The molecule has 0 aliphatic rings. The highest BCUT2D eigenvalue weighted by molar-refractivity contribution is 5.69. The van der Waals surface area contributed by atoms with E-state index in [1.165, 1.54) is 70.6 Å². The molecule has 0 aromatic carbocycles. The van der Waals surface area contributed by atoms with Gasteiger partial charge in [0.05, 0.1) is 0 Å². The number of hydrogen-bond donors (Lipinski definition) is 1. The Kier molecular flexibility index (Phi) is 12.9. The first kappa shape index (κ1) is 21.7. The molecule has 1 atom stereocenters. The zero-order valence-corrected chi connectivity index (χ0v) is 16.2. The maximum Gasteiger partial charge on any atom is 0.312 e. The SMILES string of the molecule is CCCCCCCCCCCCCCC(C[n+]1ccccc1)C(=O)O.